The molecule has 3 aromatic rings. The van der Waals surface area contributed by atoms with E-state index in [1.807, 2.05) is 0 Å². The molecule has 0 saturated carbocycles. The van der Waals surface area contributed by atoms with Crippen LogP contribution in [-0.2, 0) is 6.18 Å². The number of amides is 2. The first-order chi connectivity index (χ1) is 15.0. The molecule has 0 aliphatic rings. The number of nitrogens with one attached hydrogen (secondary N) is 1. The largest absolute Gasteiger partial charge is 0.456 e. The van der Waals surface area contributed by atoms with Crippen molar-refractivity contribution in [1.29, 1.82) is 0 Å². The van der Waals surface area contributed by atoms with Crippen LogP contribution in [0, 0.1) is 18.6 Å². The lowest BCUT2D eigenvalue weighted by Gasteiger charge is -2.17. The Kier molecular flexibility index (Phi) is 6.10. The fourth-order valence-corrected chi connectivity index (χ4v) is 2.73. The van der Waals surface area contributed by atoms with E-state index in [-0.39, 0.29) is 22.7 Å². The molecule has 0 bridgehead atoms. The average molecular weight is 451 g/mol. The van der Waals surface area contributed by atoms with E-state index in [4.69, 9.17) is 10.5 Å². The number of anilines is 1. The molecular weight excluding hydrogens is 437 g/mol. The molecule has 1 aromatic heterocycles. The van der Waals surface area contributed by atoms with E-state index >= 15 is 0 Å². The van der Waals surface area contributed by atoms with Gasteiger partial charge in [0.15, 0.2) is 5.82 Å². The summed E-state index contributed by atoms with van der Waals surface area (Å²) in [5.41, 5.74) is 2.47. The van der Waals surface area contributed by atoms with Gasteiger partial charge in [0.1, 0.15) is 28.6 Å². The van der Waals surface area contributed by atoms with Crippen LogP contribution < -0.4 is 15.8 Å². The van der Waals surface area contributed by atoms with Crippen LogP contribution in [0.4, 0.5) is 27.6 Å². The van der Waals surface area contributed by atoms with Gasteiger partial charge in [0.2, 0.25) is 0 Å². The van der Waals surface area contributed by atoms with E-state index in [1.54, 1.807) is 0 Å². The molecule has 32 heavy (non-hydrogen) atoms. The first-order valence-corrected chi connectivity index (χ1v) is 8.88. The number of nitrogens with zero attached hydrogens (tertiary/aromatic N) is 1. The van der Waals surface area contributed by atoms with Crippen LogP contribution in [0.3, 0.4) is 0 Å². The Labute approximate surface area is 177 Å². The van der Waals surface area contributed by atoms with Crippen LogP contribution >= 0.6 is 0 Å². The summed E-state index contributed by atoms with van der Waals surface area (Å²) in [7, 11) is 0. The number of halogens is 5. The van der Waals surface area contributed by atoms with Crippen LogP contribution in [0.25, 0.3) is 0 Å². The summed E-state index contributed by atoms with van der Waals surface area (Å²) in [6.45, 7) is 1.46. The molecule has 0 atom stereocenters. The maximum absolute atomic E-state index is 14.8. The minimum atomic E-state index is -5.08. The number of pyridine rings is 1. The van der Waals surface area contributed by atoms with Crippen molar-refractivity contribution in [1.82, 2.24) is 4.98 Å². The van der Waals surface area contributed by atoms with Gasteiger partial charge in [0, 0.05) is 0 Å². The molecule has 2 aromatic carbocycles. The summed E-state index contributed by atoms with van der Waals surface area (Å²) >= 11 is 0. The first kappa shape index (κ1) is 22.7. The van der Waals surface area contributed by atoms with Crippen molar-refractivity contribution in [3.63, 3.8) is 0 Å². The second kappa shape index (κ2) is 8.61. The maximum atomic E-state index is 14.8. The smallest absolute Gasteiger partial charge is 0.419 e. The van der Waals surface area contributed by atoms with Gasteiger partial charge in [-0.25, -0.2) is 13.8 Å². The zero-order valence-corrected chi connectivity index (χ0v) is 16.3. The van der Waals surface area contributed by atoms with Crippen molar-refractivity contribution < 1.29 is 36.3 Å². The van der Waals surface area contributed by atoms with Crippen molar-refractivity contribution >= 4 is 17.5 Å². The molecule has 0 aliphatic carbocycles. The average Bonchev–Trinajstić information content (AvgIpc) is 2.69. The van der Waals surface area contributed by atoms with E-state index in [0.717, 1.165) is 24.4 Å². The Morgan fingerprint density at radius 3 is 2.28 bits per heavy atom. The van der Waals surface area contributed by atoms with Crippen LogP contribution in [0.5, 0.6) is 11.5 Å². The van der Waals surface area contributed by atoms with Crippen LogP contribution in [0.15, 0.2) is 48.7 Å². The lowest BCUT2D eigenvalue weighted by molar-refractivity contribution is -0.140. The Hall–Kier alpha value is -4.02. The van der Waals surface area contributed by atoms with Gasteiger partial charge in [0.05, 0.1) is 17.4 Å². The maximum Gasteiger partial charge on any atom is 0.419 e. The monoisotopic (exact) mass is 451 g/mol. The number of benzene rings is 2. The first-order valence-electron chi connectivity index (χ1n) is 8.88. The summed E-state index contributed by atoms with van der Waals surface area (Å²) in [6.07, 6.45) is -4.05. The van der Waals surface area contributed by atoms with Gasteiger partial charge in [-0.3, -0.25) is 9.59 Å². The normalized spacial score (nSPS) is 11.2. The summed E-state index contributed by atoms with van der Waals surface area (Å²) in [6, 6.07) is 6.92. The van der Waals surface area contributed by atoms with E-state index in [0.29, 0.717) is 6.07 Å². The van der Waals surface area contributed by atoms with Crippen molar-refractivity contribution in [2.45, 2.75) is 13.1 Å². The molecule has 3 rings (SSSR count). The predicted octanol–water partition coefficient (Wildman–Crippen LogP) is 4.83. The quantitative estimate of drug-likeness (QED) is 0.544. The third-order valence-electron chi connectivity index (χ3n) is 4.27. The number of hydrogen-bond acceptors (Lipinski definition) is 4. The van der Waals surface area contributed by atoms with Crippen LogP contribution in [0.1, 0.15) is 32.0 Å². The molecular formula is C21H14F5N3O3. The fraction of sp³-hybridized carbons (Fsp3) is 0.0952. The van der Waals surface area contributed by atoms with Crippen molar-refractivity contribution in [2.24, 2.45) is 5.73 Å². The highest BCUT2D eigenvalue weighted by Crippen LogP contribution is 2.38. The SMILES string of the molecule is Cc1cc(F)ccc1Oc1ccc(C(F)(F)F)c(F)c1C(=O)Nc1ccc(C(N)=O)nc1. The lowest BCUT2D eigenvalue weighted by Crippen LogP contribution is -2.19. The summed E-state index contributed by atoms with van der Waals surface area (Å²) in [5, 5.41) is 2.19. The Morgan fingerprint density at radius 1 is 1.03 bits per heavy atom. The highest BCUT2D eigenvalue weighted by molar-refractivity contribution is 6.06. The topological polar surface area (TPSA) is 94.3 Å². The second-order valence-electron chi connectivity index (χ2n) is 6.56. The molecule has 166 valence electrons. The molecule has 0 aliphatic heterocycles. The molecule has 0 spiro atoms. The molecule has 6 nitrogen and oxygen atoms in total. The standard InChI is InChI=1S/C21H14F5N3O3/c1-10-8-11(22)2-6-15(10)32-16-7-4-13(21(24,25)26)18(23)17(16)20(31)29-12-3-5-14(19(27)30)28-9-12/h2-9H,1H3,(H2,27,30)(H,29,31). The Balaban J connectivity index is 2.03. The number of ether oxygens (including phenoxy) is 1. The van der Waals surface area contributed by atoms with Gasteiger partial charge in [-0.2, -0.15) is 13.2 Å². The Bertz CT molecular complexity index is 1190. The van der Waals surface area contributed by atoms with Gasteiger partial charge >= 0.3 is 6.18 Å². The van der Waals surface area contributed by atoms with E-state index in [1.165, 1.54) is 25.1 Å². The summed E-state index contributed by atoms with van der Waals surface area (Å²) < 4.78 is 73.2. The molecule has 0 fully saturated rings. The van der Waals surface area contributed by atoms with E-state index in [2.05, 4.69) is 10.3 Å². The van der Waals surface area contributed by atoms with Gasteiger partial charge in [-0.05, 0) is 55.0 Å². The summed E-state index contributed by atoms with van der Waals surface area (Å²) in [4.78, 5) is 27.5. The number of aromatic nitrogens is 1. The number of alkyl halides is 3. The van der Waals surface area contributed by atoms with Gasteiger partial charge in [-0.15, -0.1) is 0 Å². The molecule has 3 N–H and O–H groups in total. The van der Waals surface area contributed by atoms with Crippen molar-refractivity contribution in [2.75, 3.05) is 5.32 Å². The number of aryl methyl sites for hydroxylation is 1. The van der Waals surface area contributed by atoms with Crippen LogP contribution in [-0.4, -0.2) is 16.8 Å². The second-order valence-corrected chi connectivity index (χ2v) is 6.56. The van der Waals surface area contributed by atoms with Gasteiger partial charge in [-0.1, -0.05) is 0 Å². The molecule has 0 radical (unpaired) electrons. The number of carbonyl (C=O) groups excluding carboxylic acids is 2. The molecule has 2 amide bonds. The highest BCUT2D eigenvalue weighted by Gasteiger charge is 2.37. The molecule has 1 heterocycles. The van der Waals surface area contributed by atoms with E-state index < -0.39 is 46.5 Å². The number of nitrogens with two attached hydrogens (primary N) is 1. The summed E-state index contributed by atoms with van der Waals surface area (Å²) in [5.74, 6) is -5.06. The molecule has 0 unspecified atom stereocenters. The zero-order chi connectivity index (χ0) is 23.6. The lowest BCUT2D eigenvalue weighted by atomic mass is 10.1. The van der Waals surface area contributed by atoms with Crippen LogP contribution in [0.2, 0.25) is 0 Å². The van der Waals surface area contributed by atoms with Gasteiger partial charge in [0.25, 0.3) is 11.8 Å². The number of carbonyl (C=O) groups is 2. The fourth-order valence-electron chi connectivity index (χ4n) is 2.73. The van der Waals surface area contributed by atoms with Gasteiger partial charge < -0.3 is 15.8 Å². The third-order valence-corrected chi connectivity index (χ3v) is 4.27. The van der Waals surface area contributed by atoms with Crippen molar-refractivity contribution in [3.05, 3.63) is 82.7 Å². The molecule has 0 saturated heterocycles. The Morgan fingerprint density at radius 2 is 1.72 bits per heavy atom. The minimum absolute atomic E-state index is 0.00656. The zero-order valence-electron chi connectivity index (χ0n) is 16.3. The number of hydrogen-bond donors (Lipinski definition) is 2. The number of primary amides is 1. The predicted molar refractivity (Wildman–Crippen MR) is 103 cm³/mol. The van der Waals surface area contributed by atoms with Crippen molar-refractivity contribution in [3.8, 4) is 11.5 Å². The third kappa shape index (κ3) is 4.82. The highest BCUT2D eigenvalue weighted by atomic mass is 19.4. The van der Waals surface area contributed by atoms with E-state index in [9.17, 15) is 31.5 Å². The minimum Gasteiger partial charge on any atom is -0.456 e. The number of rotatable bonds is 5. The molecule has 11 heteroatoms.